The molecule has 0 aliphatic rings. The molecule has 2 N–H and O–H groups in total. The van der Waals surface area contributed by atoms with Gasteiger partial charge in [0.25, 0.3) is 0 Å². The second-order valence-corrected chi connectivity index (χ2v) is 4.43. The zero-order valence-corrected chi connectivity index (χ0v) is 11.7. The van der Waals surface area contributed by atoms with Crippen LogP contribution in [0.2, 0.25) is 0 Å². The van der Waals surface area contributed by atoms with Gasteiger partial charge in [-0.25, -0.2) is 0 Å². The van der Waals surface area contributed by atoms with Gasteiger partial charge < -0.3 is 19.7 Å². The number of ether oxygens (including phenoxy) is 2. The average Bonchev–Trinajstić information content (AvgIpc) is 2.32. The molecular weight excluding hydrogens is 256 g/mol. The minimum atomic E-state index is -0.921. The topological polar surface area (TPSA) is 99.5 Å². The smallest absolute Gasteiger partial charge is 0.317 e. The van der Waals surface area contributed by atoms with E-state index in [0.29, 0.717) is 0 Å². The lowest BCUT2D eigenvalue weighted by molar-refractivity contribution is -0.161. The molecule has 0 fully saturated rings. The normalized spacial score (nSPS) is 14.3. The van der Waals surface area contributed by atoms with Crippen molar-refractivity contribution in [2.75, 3.05) is 41.4 Å². The van der Waals surface area contributed by atoms with Crippen LogP contribution in [0.1, 0.15) is 6.42 Å². The lowest BCUT2D eigenvalue weighted by atomic mass is 10.4. The predicted molar refractivity (Wildman–Crippen MR) is 65.9 cm³/mol. The number of aliphatic hydroxyl groups is 2. The number of likely N-dealkylation sites (N-methyl/N-ethyl adjacent to an activating group) is 2. The molecule has 0 radical (unpaired) electrons. The first-order chi connectivity index (χ1) is 8.73. The van der Waals surface area contributed by atoms with Crippen LogP contribution in [-0.4, -0.2) is 85.8 Å². The predicted octanol–water partition coefficient (Wildman–Crippen LogP) is -1.78. The van der Waals surface area contributed by atoms with Crippen molar-refractivity contribution >= 4 is 11.9 Å². The quantitative estimate of drug-likeness (QED) is 0.305. The van der Waals surface area contributed by atoms with Gasteiger partial charge in [-0.3, -0.25) is 19.4 Å². The number of nitrogens with zero attached hydrogens (tertiary/aromatic N) is 2. The van der Waals surface area contributed by atoms with Gasteiger partial charge in [0.05, 0.1) is 0 Å². The molecule has 0 aromatic rings. The van der Waals surface area contributed by atoms with E-state index in [1.807, 2.05) is 0 Å². The van der Waals surface area contributed by atoms with Gasteiger partial charge >= 0.3 is 11.9 Å². The van der Waals surface area contributed by atoms with Crippen LogP contribution < -0.4 is 0 Å². The molecule has 2 unspecified atom stereocenters. The minimum absolute atomic E-state index is 0.223. The summed E-state index contributed by atoms with van der Waals surface area (Å²) in [5, 5.41) is 18.7. The van der Waals surface area contributed by atoms with Crippen molar-refractivity contribution in [3.05, 3.63) is 0 Å². The summed E-state index contributed by atoms with van der Waals surface area (Å²) in [7, 11) is 6.48. The highest BCUT2D eigenvalue weighted by atomic mass is 16.6. The summed E-state index contributed by atoms with van der Waals surface area (Å²) in [5.74, 6) is -1.57. The summed E-state index contributed by atoms with van der Waals surface area (Å²) in [5.41, 5.74) is 0. The van der Waals surface area contributed by atoms with Gasteiger partial charge in [0, 0.05) is 0 Å². The maximum absolute atomic E-state index is 11.2. The third-order valence-electron chi connectivity index (χ3n) is 2.27. The van der Waals surface area contributed by atoms with Crippen LogP contribution in [0.3, 0.4) is 0 Å². The summed E-state index contributed by atoms with van der Waals surface area (Å²) in [6.07, 6.45) is -2.40. The van der Waals surface area contributed by atoms with Gasteiger partial charge in [-0.05, 0) is 28.2 Å². The van der Waals surface area contributed by atoms with Crippen molar-refractivity contribution in [2.24, 2.45) is 0 Å². The van der Waals surface area contributed by atoms with E-state index in [1.165, 1.54) is 9.80 Å². The van der Waals surface area contributed by atoms with E-state index in [2.05, 4.69) is 9.47 Å². The van der Waals surface area contributed by atoms with Gasteiger partial charge in [0.2, 0.25) is 0 Å². The Morgan fingerprint density at radius 2 is 1.21 bits per heavy atom. The Balaban J connectivity index is 3.84. The fraction of sp³-hybridized carbons (Fsp3) is 0.818. The van der Waals surface area contributed by atoms with Gasteiger partial charge in [0.15, 0.2) is 0 Å². The summed E-state index contributed by atoms with van der Waals surface area (Å²) in [4.78, 5) is 25.4. The Morgan fingerprint density at radius 3 is 1.47 bits per heavy atom. The third-order valence-corrected chi connectivity index (χ3v) is 2.27. The standard InChI is InChI=1S/C11H22N2O6/c1-12(2)8(14)6-18-10(16)5-11(17)19-7-9(15)13(3)4/h8-9,14-15H,5-7H2,1-4H3. The molecule has 0 bridgehead atoms. The zero-order valence-electron chi connectivity index (χ0n) is 11.7. The number of rotatable bonds is 8. The summed E-state index contributed by atoms with van der Waals surface area (Å²) in [6.45, 7) is -0.446. The van der Waals surface area contributed by atoms with Gasteiger partial charge in [0.1, 0.15) is 32.1 Å². The van der Waals surface area contributed by atoms with E-state index in [1.54, 1.807) is 28.2 Å². The first-order valence-electron chi connectivity index (χ1n) is 5.74. The molecule has 8 heteroatoms. The maximum Gasteiger partial charge on any atom is 0.317 e. The monoisotopic (exact) mass is 278 g/mol. The Morgan fingerprint density at radius 1 is 0.895 bits per heavy atom. The summed E-state index contributed by atoms with van der Waals surface area (Å²) in [6, 6.07) is 0. The van der Waals surface area contributed by atoms with Crippen LogP contribution in [0.25, 0.3) is 0 Å². The number of carbonyl (C=O) groups excluding carboxylic acids is 2. The highest BCUT2D eigenvalue weighted by Crippen LogP contribution is 1.96. The highest BCUT2D eigenvalue weighted by molar-refractivity contribution is 5.91. The molecule has 2 atom stereocenters. The van der Waals surface area contributed by atoms with Crippen LogP contribution in [0.15, 0.2) is 0 Å². The zero-order chi connectivity index (χ0) is 15.0. The highest BCUT2D eigenvalue weighted by Gasteiger charge is 2.16. The van der Waals surface area contributed by atoms with Gasteiger partial charge in [-0.2, -0.15) is 0 Å². The van der Waals surface area contributed by atoms with Crippen molar-refractivity contribution < 1.29 is 29.3 Å². The van der Waals surface area contributed by atoms with Crippen LogP contribution in [0.5, 0.6) is 0 Å². The average molecular weight is 278 g/mol. The van der Waals surface area contributed by atoms with Crippen molar-refractivity contribution in [3.8, 4) is 0 Å². The second-order valence-electron chi connectivity index (χ2n) is 4.43. The fourth-order valence-electron chi connectivity index (χ4n) is 0.853. The molecule has 112 valence electrons. The number of aliphatic hydroxyl groups excluding tert-OH is 2. The van der Waals surface area contributed by atoms with Crippen LogP contribution in [0, 0.1) is 0 Å². The van der Waals surface area contributed by atoms with E-state index in [9.17, 15) is 19.8 Å². The third kappa shape index (κ3) is 8.49. The molecule has 0 aliphatic heterocycles. The minimum Gasteiger partial charge on any atom is -0.461 e. The van der Waals surface area contributed by atoms with E-state index in [4.69, 9.17) is 0 Å². The molecule has 0 amide bonds. The molecule has 0 saturated carbocycles. The number of esters is 2. The van der Waals surface area contributed by atoms with Crippen LogP contribution >= 0.6 is 0 Å². The van der Waals surface area contributed by atoms with Crippen molar-refractivity contribution in [1.82, 2.24) is 9.80 Å². The van der Waals surface area contributed by atoms with E-state index in [0.717, 1.165) is 0 Å². The summed E-state index contributed by atoms with van der Waals surface area (Å²) >= 11 is 0. The molecule has 0 aromatic carbocycles. The molecule has 0 saturated heterocycles. The Labute approximate surface area is 112 Å². The molecule has 0 aromatic heterocycles. The SMILES string of the molecule is CN(C)C(O)COC(=O)CC(=O)OCC(O)N(C)C. The van der Waals surface area contributed by atoms with Gasteiger partial charge in [-0.1, -0.05) is 0 Å². The molecule has 8 nitrogen and oxygen atoms in total. The van der Waals surface area contributed by atoms with E-state index < -0.39 is 30.8 Å². The van der Waals surface area contributed by atoms with Crippen molar-refractivity contribution in [3.63, 3.8) is 0 Å². The lowest BCUT2D eigenvalue weighted by Crippen LogP contribution is -2.34. The second kappa shape index (κ2) is 8.81. The van der Waals surface area contributed by atoms with Crippen molar-refractivity contribution in [2.45, 2.75) is 18.9 Å². The van der Waals surface area contributed by atoms with Crippen LogP contribution in [0.4, 0.5) is 0 Å². The molecule has 0 aliphatic carbocycles. The van der Waals surface area contributed by atoms with Crippen molar-refractivity contribution in [1.29, 1.82) is 0 Å². The Kier molecular flexibility index (Phi) is 8.24. The van der Waals surface area contributed by atoms with E-state index in [-0.39, 0.29) is 13.2 Å². The summed E-state index contributed by atoms with van der Waals surface area (Å²) < 4.78 is 9.37. The number of hydrogen-bond donors (Lipinski definition) is 2. The molecule has 0 heterocycles. The first kappa shape index (κ1) is 17.8. The largest absolute Gasteiger partial charge is 0.461 e. The van der Waals surface area contributed by atoms with E-state index >= 15 is 0 Å². The van der Waals surface area contributed by atoms with Crippen LogP contribution in [-0.2, 0) is 19.1 Å². The molecule has 0 rings (SSSR count). The molecule has 0 spiro atoms. The number of carbonyl (C=O) groups is 2. The first-order valence-corrected chi connectivity index (χ1v) is 5.74. The Bertz CT molecular complexity index is 267. The molecular formula is C11H22N2O6. The van der Waals surface area contributed by atoms with Gasteiger partial charge in [-0.15, -0.1) is 0 Å². The molecule has 19 heavy (non-hydrogen) atoms. The maximum atomic E-state index is 11.2. The number of hydrogen-bond acceptors (Lipinski definition) is 8. The fourth-order valence-corrected chi connectivity index (χ4v) is 0.853. The Hall–Kier alpha value is -1.22. The lowest BCUT2D eigenvalue weighted by Gasteiger charge is -2.18.